The second-order valence-electron chi connectivity index (χ2n) is 8.34. The number of primary amides is 1. The van der Waals surface area contributed by atoms with Crippen molar-refractivity contribution in [3.63, 3.8) is 0 Å². The first kappa shape index (κ1) is 20.8. The minimum Gasteiger partial charge on any atom is -0.368 e. The van der Waals surface area contributed by atoms with E-state index in [4.69, 9.17) is 5.73 Å². The van der Waals surface area contributed by atoms with Crippen LogP contribution >= 0.6 is 0 Å². The quantitative estimate of drug-likeness (QED) is 0.790. The van der Waals surface area contributed by atoms with E-state index in [-0.39, 0.29) is 11.7 Å². The number of benzene rings is 1. The molecule has 0 saturated carbocycles. The Balaban J connectivity index is 1.34. The smallest absolute Gasteiger partial charge is 0.239 e. The number of rotatable bonds is 6. The largest absolute Gasteiger partial charge is 0.368 e. The van der Waals surface area contributed by atoms with Gasteiger partial charge in [-0.1, -0.05) is 18.2 Å². The Morgan fingerprint density at radius 3 is 2.53 bits per heavy atom. The lowest BCUT2D eigenvalue weighted by atomic mass is 9.93. The molecule has 7 heteroatoms. The molecule has 0 radical (unpaired) electrons. The summed E-state index contributed by atoms with van der Waals surface area (Å²) in [4.78, 5) is 23.7. The third-order valence-electron chi connectivity index (χ3n) is 6.23. The van der Waals surface area contributed by atoms with Gasteiger partial charge in [-0.05, 0) is 55.1 Å². The van der Waals surface area contributed by atoms with Gasteiger partial charge in [-0.15, -0.1) is 0 Å². The molecular formula is C23H30FN5O. The Kier molecular flexibility index (Phi) is 6.59. The molecule has 0 spiro atoms. The number of hydrogen-bond acceptors (Lipinski definition) is 5. The number of halogens is 1. The van der Waals surface area contributed by atoms with Crippen molar-refractivity contribution in [1.82, 2.24) is 14.8 Å². The monoisotopic (exact) mass is 411 g/mol. The number of nitrogens with two attached hydrogens (primary N) is 1. The van der Waals surface area contributed by atoms with Crippen LogP contribution in [0.3, 0.4) is 0 Å². The molecule has 2 fully saturated rings. The molecule has 2 saturated heterocycles. The molecule has 1 amide bonds. The maximum Gasteiger partial charge on any atom is 0.239 e. The summed E-state index contributed by atoms with van der Waals surface area (Å²) < 4.78 is 13.3. The fourth-order valence-electron chi connectivity index (χ4n) is 4.75. The Labute approximate surface area is 177 Å². The van der Waals surface area contributed by atoms with Gasteiger partial charge in [-0.2, -0.15) is 0 Å². The third kappa shape index (κ3) is 4.96. The van der Waals surface area contributed by atoms with E-state index in [1.807, 2.05) is 18.3 Å². The van der Waals surface area contributed by atoms with Crippen molar-refractivity contribution in [2.45, 2.75) is 18.9 Å². The lowest BCUT2D eigenvalue weighted by molar-refractivity contribution is -0.124. The van der Waals surface area contributed by atoms with Crippen molar-refractivity contribution < 1.29 is 9.18 Å². The Morgan fingerprint density at radius 1 is 1.10 bits per heavy atom. The van der Waals surface area contributed by atoms with Gasteiger partial charge < -0.3 is 10.6 Å². The summed E-state index contributed by atoms with van der Waals surface area (Å²) in [5.41, 5.74) is 6.51. The van der Waals surface area contributed by atoms with Crippen LogP contribution in [0.5, 0.6) is 0 Å². The maximum atomic E-state index is 13.3. The van der Waals surface area contributed by atoms with Crippen molar-refractivity contribution in [3.8, 4) is 0 Å². The SMILES string of the molecule is NC(=O)C(c1ccc(F)cc1)N1CCCC(CN2CCN(c3ccccn3)CC2)C1. The van der Waals surface area contributed by atoms with Crippen LogP contribution < -0.4 is 10.6 Å². The van der Waals surface area contributed by atoms with E-state index in [9.17, 15) is 9.18 Å². The first-order valence-corrected chi connectivity index (χ1v) is 10.8. The van der Waals surface area contributed by atoms with Crippen LogP contribution in [0.4, 0.5) is 10.2 Å². The van der Waals surface area contributed by atoms with Gasteiger partial charge in [0.1, 0.15) is 17.7 Å². The summed E-state index contributed by atoms with van der Waals surface area (Å²) in [5.74, 6) is 0.876. The summed E-state index contributed by atoms with van der Waals surface area (Å²) in [7, 11) is 0. The van der Waals surface area contributed by atoms with Crippen molar-refractivity contribution in [2.24, 2.45) is 11.7 Å². The van der Waals surface area contributed by atoms with Gasteiger partial charge >= 0.3 is 0 Å². The lowest BCUT2D eigenvalue weighted by Gasteiger charge is -2.41. The molecule has 160 valence electrons. The Bertz CT molecular complexity index is 823. The van der Waals surface area contributed by atoms with Crippen molar-refractivity contribution in [3.05, 3.63) is 60.0 Å². The van der Waals surface area contributed by atoms with Gasteiger partial charge in [0.2, 0.25) is 5.91 Å². The number of nitrogens with zero attached hydrogens (tertiary/aromatic N) is 4. The Morgan fingerprint density at radius 2 is 1.87 bits per heavy atom. The molecule has 2 aliphatic heterocycles. The average molecular weight is 412 g/mol. The normalized spacial score (nSPS) is 22.0. The van der Waals surface area contributed by atoms with E-state index in [0.717, 1.165) is 70.0 Å². The zero-order chi connectivity index (χ0) is 20.9. The highest BCUT2D eigenvalue weighted by atomic mass is 19.1. The van der Waals surface area contributed by atoms with Crippen LogP contribution in [0.15, 0.2) is 48.7 Å². The summed E-state index contributed by atoms with van der Waals surface area (Å²) in [6.07, 6.45) is 4.05. The van der Waals surface area contributed by atoms with E-state index in [1.54, 1.807) is 12.1 Å². The van der Waals surface area contributed by atoms with Gasteiger partial charge in [0.15, 0.2) is 0 Å². The van der Waals surface area contributed by atoms with E-state index in [1.165, 1.54) is 12.1 Å². The zero-order valence-electron chi connectivity index (χ0n) is 17.3. The van der Waals surface area contributed by atoms with Crippen molar-refractivity contribution in [1.29, 1.82) is 0 Å². The molecule has 2 aliphatic rings. The predicted molar refractivity (Wildman–Crippen MR) is 116 cm³/mol. The van der Waals surface area contributed by atoms with Gasteiger partial charge in [-0.25, -0.2) is 9.37 Å². The molecule has 2 unspecified atom stereocenters. The molecule has 1 aromatic heterocycles. The van der Waals surface area contributed by atoms with Gasteiger partial charge in [-0.3, -0.25) is 14.6 Å². The number of aromatic nitrogens is 1. The standard InChI is InChI=1S/C23H30FN5O/c24-20-8-6-19(7-9-20)22(23(25)30)29-11-3-4-18(17-29)16-27-12-14-28(15-13-27)21-5-1-2-10-26-21/h1-2,5-10,18,22H,3-4,11-17H2,(H2,25,30). The van der Waals surface area contributed by atoms with Crippen LogP contribution in [-0.2, 0) is 4.79 Å². The van der Waals surface area contributed by atoms with Crippen molar-refractivity contribution >= 4 is 11.7 Å². The highest BCUT2D eigenvalue weighted by Crippen LogP contribution is 2.28. The molecule has 0 aliphatic carbocycles. The first-order chi connectivity index (χ1) is 14.6. The minimum absolute atomic E-state index is 0.302. The maximum absolute atomic E-state index is 13.3. The molecule has 30 heavy (non-hydrogen) atoms. The highest BCUT2D eigenvalue weighted by molar-refractivity contribution is 5.81. The minimum atomic E-state index is -0.491. The molecular weight excluding hydrogens is 381 g/mol. The number of piperidine rings is 1. The van der Waals surface area contributed by atoms with Gasteiger partial charge in [0, 0.05) is 45.5 Å². The van der Waals surface area contributed by atoms with Crippen LogP contribution in [0.2, 0.25) is 0 Å². The molecule has 4 rings (SSSR count). The summed E-state index contributed by atoms with van der Waals surface area (Å²) in [5, 5.41) is 0. The van der Waals surface area contributed by atoms with E-state index in [0.29, 0.717) is 5.92 Å². The first-order valence-electron chi connectivity index (χ1n) is 10.8. The number of anilines is 1. The van der Waals surface area contributed by atoms with E-state index >= 15 is 0 Å². The lowest BCUT2D eigenvalue weighted by Crippen LogP contribution is -2.50. The van der Waals surface area contributed by atoms with Gasteiger partial charge in [0.05, 0.1) is 0 Å². The fourth-order valence-corrected chi connectivity index (χ4v) is 4.75. The fraction of sp³-hybridized carbons (Fsp3) is 0.478. The number of amides is 1. The molecule has 0 bridgehead atoms. The van der Waals surface area contributed by atoms with Crippen LogP contribution in [0.1, 0.15) is 24.4 Å². The molecule has 2 atom stereocenters. The van der Waals surface area contributed by atoms with Crippen LogP contribution in [-0.4, -0.2) is 66.5 Å². The second kappa shape index (κ2) is 9.53. The topological polar surface area (TPSA) is 65.7 Å². The number of piperazine rings is 1. The van der Waals surface area contributed by atoms with Crippen molar-refractivity contribution in [2.75, 3.05) is 50.7 Å². The van der Waals surface area contributed by atoms with E-state index < -0.39 is 6.04 Å². The van der Waals surface area contributed by atoms with E-state index in [2.05, 4.69) is 25.8 Å². The Hall–Kier alpha value is -2.51. The van der Waals surface area contributed by atoms with Crippen LogP contribution in [0.25, 0.3) is 0 Å². The number of pyridine rings is 1. The van der Waals surface area contributed by atoms with Gasteiger partial charge in [0.25, 0.3) is 0 Å². The molecule has 2 N–H and O–H groups in total. The molecule has 2 aromatic rings. The highest BCUT2D eigenvalue weighted by Gasteiger charge is 2.31. The van der Waals surface area contributed by atoms with Crippen LogP contribution in [0, 0.1) is 11.7 Å². The predicted octanol–water partition coefficient (Wildman–Crippen LogP) is 2.28. The molecule has 6 nitrogen and oxygen atoms in total. The third-order valence-corrected chi connectivity index (χ3v) is 6.23. The molecule has 1 aromatic carbocycles. The average Bonchev–Trinajstić information content (AvgIpc) is 2.77. The second-order valence-corrected chi connectivity index (χ2v) is 8.34. The summed E-state index contributed by atoms with van der Waals surface area (Å²) in [6.45, 7) is 6.70. The summed E-state index contributed by atoms with van der Waals surface area (Å²) in [6, 6.07) is 11.7. The number of carbonyl (C=O) groups is 1. The number of likely N-dealkylation sites (tertiary alicyclic amines) is 1. The zero-order valence-corrected chi connectivity index (χ0v) is 17.3. The number of carbonyl (C=O) groups excluding carboxylic acids is 1. The number of hydrogen-bond donors (Lipinski definition) is 1. The summed E-state index contributed by atoms with van der Waals surface area (Å²) >= 11 is 0. The molecule has 3 heterocycles.